The fourth-order valence-electron chi connectivity index (χ4n) is 1.19. The Morgan fingerprint density at radius 1 is 1.62 bits per heavy atom. The van der Waals surface area contributed by atoms with Gasteiger partial charge in [0.25, 0.3) is 0 Å². The molecule has 1 heterocycles. The first-order valence-electron chi connectivity index (χ1n) is 4.47. The molecule has 1 aromatic heterocycles. The predicted octanol–water partition coefficient (Wildman–Crippen LogP) is 3.17. The lowest BCUT2D eigenvalue weighted by molar-refractivity contribution is 0.588. The fourth-order valence-corrected chi connectivity index (χ4v) is 1.56. The van der Waals surface area contributed by atoms with Crippen molar-refractivity contribution < 1.29 is 4.39 Å². The monoisotopic (exact) mass is 201 g/mol. The van der Waals surface area contributed by atoms with Crippen LogP contribution in [0.2, 0.25) is 0 Å². The molecular formula is C10H13ClFN. The van der Waals surface area contributed by atoms with Crippen LogP contribution in [0.3, 0.4) is 0 Å². The van der Waals surface area contributed by atoms with Crippen LogP contribution < -0.4 is 0 Å². The number of nitrogens with zero attached hydrogens (tertiary/aromatic N) is 1. The molecule has 0 bridgehead atoms. The second kappa shape index (κ2) is 5.18. The smallest absolute Gasteiger partial charge is 0.144 e. The standard InChI is InChI=1S/C10H13ClFN/c1-2-4-8(11)7-10-9(12)5-3-6-13-10/h3,5-6,8H,2,4,7H2,1H3. The van der Waals surface area contributed by atoms with Crippen LogP contribution in [0.15, 0.2) is 18.3 Å². The van der Waals surface area contributed by atoms with Crippen molar-refractivity contribution in [3.05, 3.63) is 29.8 Å². The van der Waals surface area contributed by atoms with Crippen LogP contribution in [0.1, 0.15) is 25.5 Å². The van der Waals surface area contributed by atoms with Crippen molar-refractivity contribution in [2.45, 2.75) is 31.6 Å². The quantitative estimate of drug-likeness (QED) is 0.682. The summed E-state index contributed by atoms with van der Waals surface area (Å²) in [6.45, 7) is 2.06. The molecule has 0 amide bonds. The molecule has 72 valence electrons. The summed E-state index contributed by atoms with van der Waals surface area (Å²) in [5.74, 6) is -0.260. The van der Waals surface area contributed by atoms with Crippen LogP contribution in [-0.2, 0) is 6.42 Å². The zero-order valence-corrected chi connectivity index (χ0v) is 8.39. The van der Waals surface area contributed by atoms with E-state index in [9.17, 15) is 4.39 Å². The number of halogens is 2. The topological polar surface area (TPSA) is 12.9 Å². The predicted molar refractivity (Wildman–Crippen MR) is 52.4 cm³/mol. The maximum absolute atomic E-state index is 13.1. The van der Waals surface area contributed by atoms with Gasteiger partial charge in [0.2, 0.25) is 0 Å². The highest BCUT2D eigenvalue weighted by Gasteiger charge is 2.09. The zero-order chi connectivity index (χ0) is 9.68. The van der Waals surface area contributed by atoms with E-state index in [1.807, 2.05) is 0 Å². The third-order valence-electron chi connectivity index (χ3n) is 1.85. The first kappa shape index (κ1) is 10.5. The molecular weight excluding hydrogens is 189 g/mol. The summed E-state index contributed by atoms with van der Waals surface area (Å²) in [4.78, 5) is 3.94. The van der Waals surface area contributed by atoms with E-state index in [1.54, 1.807) is 12.3 Å². The minimum Gasteiger partial charge on any atom is -0.258 e. The number of hydrogen-bond donors (Lipinski definition) is 0. The zero-order valence-electron chi connectivity index (χ0n) is 7.63. The van der Waals surface area contributed by atoms with E-state index in [0.717, 1.165) is 12.8 Å². The van der Waals surface area contributed by atoms with Crippen molar-refractivity contribution in [3.63, 3.8) is 0 Å². The molecule has 1 aromatic rings. The Hall–Kier alpha value is -0.630. The van der Waals surface area contributed by atoms with E-state index < -0.39 is 0 Å². The van der Waals surface area contributed by atoms with Crippen LogP contribution in [0.4, 0.5) is 4.39 Å². The number of hydrogen-bond acceptors (Lipinski definition) is 1. The molecule has 1 rings (SSSR count). The summed E-state index contributed by atoms with van der Waals surface area (Å²) >= 11 is 5.98. The highest BCUT2D eigenvalue weighted by atomic mass is 35.5. The van der Waals surface area contributed by atoms with Crippen LogP contribution in [0.25, 0.3) is 0 Å². The molecule has 1 unspecified atom stereocenters. The van der Waals surface area contributed by atoms with Crippen molar-refractivity contribution in [2.75, 3.05) is 0 Å². The molecule has 0 aromatic carbocycles. The molecule has 0 fully saturated rings. The summed E-state index contributed by atoms with van der Waals surface area (Å²) < 4.78 is 13.1. The maximum atomic E-state index is 13.1. The molecule has 0 radical (unpaired) electrons. The van der Waals surface area contributed by atoms with E-state index in [4.69, 9.17) is 11.6 Å². The van der Waals surface area contributed by atoms with Crippen molar-refractivity contribution in [3.8, 4) is 0 Å². The van der Waals surface area contributed by atoms with Gasteiger partial charge < -0.3 is 0 Å². The van der Waals surface area contributed by atoms with Crippen LogP contribution in [-0.4, -0.2) is 10.4 Å². The first-order chi connectivity index (χ1) is 6.24. The summed E-state index contributed by atoms with van der Waals surface area (Å²) in [6.07, 6.45) is 4.02. The van der Waals surface area contributed by atoms with Crippen molar-refractivity contribution in [2.24, 2.45) is 0 Å². The second-order valence-electron chi connectivity index (χ2n) is 3.02. The molecule has 0 saturated carbocycles. The molecule has 1 atom stereocenters. The number of aromatic nitrogens is 1. The van der Waals surface area contributed by atoms with Gasteiger partial charge in [-0.15, -0.1) is 11.6 Å². The van der Waals surface area contributed by atoms with Gasteiger partial charge in [-0.05, 0) is 18.6 Å². The normalized spacial score (nSPS) is 12.8. The number of pyridine rings is 1. The van der Waals surface area contributed by atoms with Crippen molar-refractivity contribution in [1.29, 1.82) is 0 Å². The highest BCUT2D eigenvalue weighted by molar-refractivity contribution is 6.20. The molecule has 13 heavy (non-hydrogen) atoms. The molecule has 0 N–H and O–H groups in total. The first-order valence-corrected chi connectivity index (χ1v) is 4.91. The van der Waals surface area contributed by atoms with Crippen LogP contribution in [0, 0.1) is 5.82 Å². The average molecular weight is 202 g/mol. The summed E-state index contributed by atoms with van der Waals surface area (Å²) in [7, 11) is 0. The lowest BCUT2D eigenvalue weighted by atomic mass is 10.1. The SMILES string of the molecule is CCCC(Cl)Cc1ncccc1F. The molecule has 0 spiro atoms. The van der Waals surface area contributed by atoms with E-state index in [-0.39, 0.29) is 11.2 Å². The summed E-state index contributed by atoms with van der Waals surface area (Å²) in [6, 6.07) is 3.00. The van der Waals surface area contributed by atoms with Gasteiger partial charge in [0.15, 0.2) is 0 Å². The van der Waals surface area contributed by atoms with Crippen LogP contribution >= 0.6 is 11.6 Å². The van der Waals surface area contributed by atoms with Gasteiger partial charge in [0.1, 0.15) is 5.82 Å². The Morgan fingerprint density at radius 2 is 2.38 bits per heavy atom. The van der Waals surface area contributed by atoms with E-state index >= 15 is 0 Å². The molecule has 0 aliphatic heterocycles. The number of rotatable bonds is 4. The molecule has 3 heteroatoms. The van der Waals surface area contributed by atoms with E-state index in [0.29, 0.717) is 12.1 Å². The van der Waals surface area contributed by atoms with Gasteiger partial charge in [0.05, 0.1) is 5.69 Å². The molecule has 1 nitrogen and oxygen atoms in total. The number of alkyl halides is 1. The van der Waals surface area contributed by atoms with Crippen molar-refractivity contribution >= 4 is 11.6 Å². The minimum absolute atomic E-state index is 0.00519. The lowest BCUT2D eigenvalue weighted by Crippen LogP contribution is -2.06. The molecule has 0 aliphatic rings. The Kier molecular flexibility index (Phi) is 4.16. The second-order valence-corrected chi connectivity index (χ2v) is 3.64. The van der Waals surface area contributed by atoms with Gasteiger partial charge in [-0.1, -0.05) is 13.3 Å². The van der Waals surface area contributed by atoms with Gasteiger partial charge in [-0.3, -0.25) is 4.98 Å². The largest absolute Gasteiger partial charge is 0.258 e. The average Bonchev–Trinajstić information content (AvgIpc) is 2.09. The van der Waals surface area contributed by atoms with Gasteiger partial charge in [-0.2, -0.15) is 0 Å². The van der Waals surface area contributed by atoms with Gasteiger partial charge in [0, 0.05) is 18.0 Å². The van der Waals surface area contributed by atoms with Crippen LogP contribution in [0.5, 0.6) is 0 Å². The Morgan fingerprint density at radius 3 is 3.00 bits per heavy atom. The highest BCUT2D eigenvalue weighted by Crippen LogP contribution is 2.13. The third-order valence-corrected chi connectivity index (χ3v) is 2.22. The van der Waals surface area contributed by atoms with E-state index in [1.165, 1.54) is 6.07 Å². The Balaban J connectivity index is 2.58. The van der Waals surface area contributed by atoms with Crippen molar-refractivity contribution in [1.82, 2.24) is 4.98 Å². The third kappa shape index (κ3) is 3.31. The Bertz CT molecular complexity index is 265. The summed E-state index contributed by atoms with van der Waals surface area (Å²) in [5.41, 5.74) is 0.468. The van der Waals surface area contributed by atoms with Gasteiger partial charge >= 0.3 is 0 Å². The summed E-state index contributed by atoms with van der Waals surface area (Å²) in [5, 5.41) is -0.00519. The maximum Gasteiger partial charge on any atom is 0.144 e. The lowest BCUT2D eigenvalue weighted by Gasteiger charge is -2.07. The molecule has 0 aliphatic carbocycles. The molecule has 0 saturated heterocycles. The van der Waals surface area contributed by atoms with Gasteiger partial charge in [-0.25, -0.2) is 4.39 Å². The fraction of sp³-hybridized carbons (Fsp3) is 0.500. The Labute approximate surface area is 82.9 Å². The minimum atomic E-state index is -0.260. The van der Waals surface area contributed by atoms with E-state index in [2.05, 4.69) is 11.9 Å².